The minimum atomic E-state index is -0.942. The van der Waals surface area contributed by atoms with Gasteiger partial charge in [-0.1, -0.05) is 13.3 Å². The molecule has 1 atom stereocenters. The Labute approximate surface area is 107 Å². The van der Waals surface area contributed by atoms with Crippen molar-refractivity contribution in [1.82, 2.24) is 10.2 Å². The molecule has 0 saturated carbocycles. The van der Waals surface area contributed by atoms with Crippen molar-refractivity contribution in [1.29, 1.82) is 0 Å². The number of hydrogen-bond acceptors (Lipinski definition) is 3. The summed E-state index contributed by atoms with van der Waals surface area (Å²) in [5.41, 5.74) is 0. The Kier molecular flexibility index (Phi) is 7.74. The number of carbonyl (C=O) groups is 3. The van der Waals surface area contributed by atoms with E-state index < -0.39 is 17.9 Å². The van der Waals surface area contributed by atoms with E-state index in [9.17, 15) is 14.4 Å². The van der Waals surface area contributed by atoms with Crippen LogP contribution in [0.4, 0.5) is 4.79 Å². The minimum absolute atomic E-state index is 0.0496. The molecule has 0 rings (SSSR count). The third kappa shape index (κ3) is 6.88. The molecule has 0 heterocycles. The van der Waals surface area contributed by atoms with Crippen molar-refractivity contribution < 1.29 is 19.5 Å². The molecule has 104 valence electrons. The van der Waals surface area contributed by atoms with Gasteiger partial charge in [0.2, 0.25) is 5.91 Å². The number of aliphatic carboxylic acids is 1. The highest BCUT2D eigenvalue weighted by Gasteiger charge is 2.17. The summed E-state index contributed by atoms with van der Waals surface area (Å²) < 4.78 is 0. The van der Waals surface area contributed by atoms with Gasteiger partial charge in [-0.3, -0.25) is 14.9 Å². The molecule has 3 amide bonds. The van der Waals surface area contributed by atoms with Gasteiger partial charge in [0.25, 0.3) is 0 Å². The number of urea groups is 1. The molecule has 0 aromatic carbocycles. The summed E-state index contributed by atoms with van der Waals surface area (Å²) in [6.45, 7) is 3.94. The van der Waals surface area contributed by atoms with E-state index in [0.717, 1.165) is 12.8 Å². The maximum atomic E-state index is 11.6. The molecule has 0 aromatic heterocycles. The molecule has 0 aliphatic carbocycles. The highest BCUT2D eigenvalue weighted by atomic mass is 16.4. The highest BCUT2D eigenvalue weighted by molar-refractivity contribution is 5.94. The number of nitrogens with one attached hydrogen (secondary N) is 1. The molecule has 0 bridgehead atoms. The van der Waals surface area contributed by atoms with E-state index >= 15 is 0 Å². The fourth-order valence-electron chi connectivity index (χ4n) is 1.48. The lowest BCUT2D eigenvalue weighted by Crippen LogP contribution is -2.44. The number of carboxylic acids is 1. The second kappa shape index (κ2) is 8.49. The van der Waals surface area contributed by atoms with Crippen LogP contribution in [0.15, 0.2) is 0 Å². The average Bonchev–Trinajstić information content (AvgIpc) is 2.27. The fourth-order valence-corrected chi connectivity index (χ4v) is 1.48. The summed E-state index contributed by atoms with van der Waals surface area (Å²) in [5.74, 6) is -1.38. The molecule has 0 aromatic rings. The monoisotopic (exact) mass is 258 g/mol. The van der Waals surface area contributed by atoms with Crippen LogP contribution >= 0.6 is 0 Å². The Balaban J connectivity index is 3.99. The predicted molar refractivity (Wildman–Crippen MR) is 67.2 cm³/mol. The first-order chi connectivity index (χ1) is 8.38. The number of carbonyl (C=O) groups excluding carboxylic acids is 2. The van der Waals surface area contributed by atoms with E-state index in [1.807, 2.05) is 13.8 Å². The highest BCUT2D eigenvalue weighted by Crippen LogP contribution is 2.04. The van der Waals surface area contributed by atoms with Gasteiger partial charge >= 0.3 is 12.0 Å². The molecule has 0 aliphatic rings. The smallest absolute Gasteiger partial charge is 0.324 e. The molecule has 0 saturated heterocycles. The molecule has 0 spiro atoms. The first-order valence-corrected chi connectivity index (χ1v) is 6.16. The van der Waals surface area contributed by atoms with Crippen molar-refractivity contribution in [3.63, 3.8) is 0 Å². The van der Waals surface area contributed by atoms with Gasteiger partial charge in [0, 0.05) is 25.9 Å². The molecule has 0 radical (unpaired) electrons. The van der Waals surface area contributed by atoms with Crippen LogP contribution in [0, 0.1) is 0 Å². The number of carboxylic acid groups (broad SMARTS) is 1. The molecule has 6 heteroatoms. The maximum absolute atomic E-state index is 11.6. The SMILES string of the molecule is CCCC(C)N(C)C(=O)NC(=O)CCCC(=O)O. The quantitative estimate of drug-likeness (QED) is 0.726. The predicted octanol–water partition coefficient (Wildman–Crippen LogP) is 1.60. The molecule has 1 unspecified atom stereocenters. The van der Waals surface area contributed by atoms with Crippen molar-refractivity contribution in [2.75, 3.05) is 7.05 Å². The number of imide groups is 1. The Hall–Kier alpha value is -1.59. The summed E-state index contributed by atoms with van der Waals surface area (Å²) in [7, 11) is 1.64. The zero-order valence-corrected chi connectivity index (χ0v) is 11.2. The van der Waals surface area contributed by atoms with E-state index in [-0.39, 0.29) is 25.3 Å². The molecule has 0 fully saturated rings. The molecular weight excluding hydrogens is 236 g/mol. The van der Waals surface area contributed by atoms with E-state index in [4.69, 9.17) is 5.11 Å². The van der Waals surface area contributed by atoms with Crippen LogP contribution in [0.3, 0.4) is 0 Å². The average molecular weight is 258 g/mol. The van der Waals surface area contributed by atoms with Crippen LogP contribution in [-0.2, 0) is 9.59 Å². The first kappa shape index (κ1) is 16.4. The Morgan fingerprint density at radius 3 is 2.39 bits per heavy atom. The molecular formula is C12H22N2O4. The number of amides is 3. The third-order valence-corrected chi connectivity index (χ3v) is 2.73. The molecule has 2 N–H and O–H groups in total. The van der Waals surface area contributed by atoms with Crippen LogP contribution < -0.4 is 5.32 Å². The van der Waals surface area contributed by atoms with Crippen molar-refractivity contribution in [3.05, 3.63) is 0 Å². The molecule has 0 aliphatic heterocycles. The Bertz CT molecular complexity index is 304. The number of rotatable bonds is 7. The summed E-state index contributed by atoms with van der Waals surface area (Å²) in [6, 6.07) is -0.363. The largest absolute Gasteiger partial charge is 0.481 e. The number of hydrogen-bond donors (Lipinski definition) is 2. The van der Waals surface area contributed by atoms with Gasteiger partial charge in [0.1, 0.15) is 0 Å². The lowest BCUT2D eigenvalue weighted by molar-refractivity contribution is -0.137. The summed E-state index contributed by atoms with van der Waals surface area (Å²) >= 11 is 0. The molecule has 6 nitrogen and oxygen atoms in total. The van der Waals surface area contributed by atoms with Gasteiger partial charge in [-0.2, -0.15) is 0 Å². The number of nitrogens with zero attached hydrogens (tertiary/aromatic N) is 1. The van der Waals surface area contributed by atoms with Crippen LogP contribution in [0.25, 0.3) is 0 Å². The lowest BCUT2D eigenvalue weighted by Gasteiger charge is -2.24. The summed E-state index contributed by atoms with van der Waals surface area (Å²) in [6.07, 6.45) is 2.06. The second-order valence-electron chi connectivity index (χ2n) is 4.35. The van der Waals surface area contributed by atoms with E-state index in [0.29, 0.717) is 0 Å². The lowest BCUT2D eigenvalue weighted by atomic mass is 10.2. The van der Waals surface area contributed by atoms with Gasteiger partial charge in [0.05, 0.1) is 0 Å². The van der Waals surface area contributed by atoms with Crippen LogP contribution in [0.2, 0.25) is 0 Å². The van der Waals surface area contributed by atoms with E-state index in [2.05, 4.69) is 5.32 Å². The van der Waals surface area contributed by atoms with Crippen molar-refractivity contribution in [2.24, 2.45) is 0 Å². The topological polar surface area (TPSA) is 86.7 Å². The van der Waals surface area contributed by atoms with Crippen molar-refractivity contribution in [2.45, 2.75) is 52.0 Å². The van der Waals surface area contributed by atoms with Gasteiger partial charge in [-0.15, -0.1) is 0 Å². The van der Waals surface area contributed by atoms with Crippen molar-refractivity contribution in [3.8, 4) is 0 Å². The zero-order valence-electron chi connectivity index (χ0n) is 11.2. The van der Waals surface area contributed by atoms with E-state index in [1.54, 1.807) is 7.05 Å². The van der Waals surface area contributed by atoms with Gasteiger partial charge in [-0.25, -0.2) is 4.79 Å². The summed E-state index contributed by atoms with van der Waals surface area (Å²) in [5, 5.41) is 10.7. The van der Waals surface area contributed by atoms with Crippen LogP contribution in [-0.4, -0.2) is 41.0 Å². The Morgan fingerprint density at radius 1 is 1.28 bits per heavy atom. The maximum Gasteiger partial charge on any atom is 0.324 e. The summed E-state index contributed by atoms with van der Waals surface area (Å²) in [4.78, 5) is 34.8. The van der Waals surface area contributed by atoms with Gasteiger partial charge in [0.15, 0.2) is 0 Å². The van der Waals surface area contributed by atoms with Crippen LogP contribution in [0.5, 0.6) is 0 Å². The Morgan fingerprint density at radius 2 is 1.89 bits per heavy atom. The second-order valence-corrected chi connectivity index (χ2v) is 4.35. The van der Waals surface area contributed by atoms with Crippen LogP contribution in [0.1, 0.15) is 46.0 Å². The zero-order chi connectivity index (χ0) is 14.1. The molecule has 18 heavy (non-hydrogen) atoms. The minimum Gasteiger partial charge on any atom is -0.481 e. The van der Waals surface area contributed by atoms with Crippen molar-refractivity contribution >= 4 is 17.9 Å². The van der Waals surface area contributed by atoms with Gasteiger partial charge < -0.3 is 10.0 Å². The fraction of sp³-hybridized carbons (Fsp3) is 0.750. The van der Waals surface area contributed by atoms with Gasteiger partial charge in [-0.05, 0) is 19.8 Å². The third-order valence-electron chi connectivity index (χ3n) is 2.73. The first-order valence-electron chi connectivity index (χ1n) is 6.16. The standard InChI is InChI=1S/C12H22N2O4/c1-4-6-9(2)14(3)12(18)13-10(15)7-5-8-11(16)17/h9H,4-8H2,1-3H3,(H,16,17)(H,13,15,18). The normalized spacial score (nSPS) is 11.7. The van der Waals surface area contributed by atoms with E-state index in [1.165, 1.54) is 4.90 Å².